The number of benzene rings is 4. The summed E-state index contributed by atoms with van der Waals surface area (Å²) >= 11 is 0. The van der Waals surface area contributed by atoms with Crippen LogP contribution in [0.25, 0.3) is 22.3 Å². The number of ether oxygens (including phenoxy) is 3. The second-order valence-corrected chi connectivity index (χ2v) is 9.73. The molecular formula is C32H23F9O7. The fourth-order valence-electron chi connectivity index (χ4n) is 4.10. The minimum Gasteiger partial charge on any atom is -0.494 e. The van der Waals surface area contributed by atoms with Gasteiger partial charge < -0.3 is 24.4 Å². The number of carbonyl (C=O) groups is 2. The Morgan fingerprint density at radius 2 is 1.04 bits per heavy atom. The van der Waals surface area contributed by atoms with Gasteiger partial charge in [0.1, 0.15) is 23.1 Å². The number of methoxy groups -OCH3 is 1. The summed E-state index contributed by atoms with van der Waals surface area (Å²) in [5.74, 6) is -6.36. The maximum atomic E-state index is 14.2. The summed E-state index contributed by atoms with van der Waals surface area (Å²) in [6, 6.07) is 9.85. The maximum absolute atomic E-state index is 14.2. The van der Waals surface area contributed by atoms with E-state index in [4.69, 9.17) is 19.7 Å². The highest BCUT2D eigenvalue weighted by atomic mass is 19.4. The van der Waals surface area contributed by atoms with E-state index in [0.29, 0.717) is 29.8 Å². The number of alkyl halides is 6. The predicted octanol–water partition coefficient (Wildman–Crippen LogP) is 8.41. The van der Waals surface area contributed by atoms with Crippen LogP contribution in [0.2, 0.25) is 0 Å². The lowest BCUT2D eigenvalue weighted by atomic mass is 9.99. The van der Waals surface area contributed by atoms with Crippen molar-refractivity contribution in [3.63, 3.8) is 0 Å². The molecule has 4 rings (SSSR count). The summed E-state index contributed by atoms with van der Waals surface area (Å²) in [5.41, 5.74) is -2.65. The van der Waals surface area contributed by atoms with Crippen molar-refractivity contribution >= 4 is 11.9 Å². The number of carboxylic acid groups (broad SMARTS) is 2. The SMILES string of the molecule is COc1cc(F)c(-c2cc(C(F)(F)F)ccc2OCC(=O)O)cc1F.Cc1ccc(F)c(-c2cc(C(F)(F)F)ccc2OCC(=O)O)c1. The fourth-order valence-corrected chi connectivity index (χ4v) is 4.10. The van der Waals surface area contributed by atoms with Crippen molar-refractivity contribution < 1.29 is 73.5 Å². The Labute approximate surface area is 265 Å². The van der Waals surface area contributed by atoms with Gasteiger partial charge in [-0.2, -0.15) is 26.3 Å². The average Bonchev–Trinajstić information content (AvgIpc) is 3.00. The standard InChI is InChI=1S/C16H11F5O4.C16H12F4O3/c1-24-14-6-11(17)9(5-12(14)18)10-4-8(16(19,20)21)2-3-13(10)25-7-15(22)23;1-9-2-4-13(17)11(6-9)12-7-10(16(18,19)20)3-5-14(12)23-8-15(21)22/h2-6H,7H2,1H3,(H,22,23);2-7H,8H2,1H3,(H,21,22). The molecule has 0 aliphatic carbocycles. The summed E-state index contributed by atoms with van der Waals surface area (Å²) in [6.45, 7) is 0.0543. The van der Waals surface area contributed by atoms with Gasteiger partial charge in [0.25, 0.3) is 0 Å². The van der Waals surface area contributed by atoms with Crippen molar-refractivity contribution in [1.29, 1.82) is 0 Å². The molecule has 0 saturated heterocycles. The smallest absolute Gasteiger partial charge is 0.416 e. The lowest BCUT2D eigenvalue weighted by Gasteiger charge is -2.15. The first-order chi connectivity index (χ1) is 22.3. The zero-order valence-electron chi connectivity index (χ0n) is 24.6. The average molecular weight is 691 g/mol. The topological polar surface area (TPSA) is 102 Å². The Morgan fingerprint density at radius 1 is 0.583 bits per heavy atom. The molecule has 0 aromatic heterocycles. The number of halogens is 9. The summed E-state index contributed by atoms with van der Waals surface area (Å²) < 4.78 is 134. The minimum atomic E-state index is -4.73. The molecule has 16 heteroatoms. The van der Waals surface area contributed by atoms with E-state index in [-0.39, 0.29) is 22.6 Å². The van der Waals surface area contributed by atoms with Crippen LogP contribution in [0, 0.1) is 24.4 Å². The Bertz CT molecular complexity index is 1800. The van der Waals surface area contributed by atoms with Gasteiger partial charge in [0, 0.05) is 28.3 Å². The van der Waals surface area contributed by atoms with Gasteiger partial charge in [-0.3, -0.25) is 0 Å². The van der Waals surface area contributed by atoms with E-state index in [1.807, 2.05) is 0 Å². The highest BCUT2D eigenvalue weighted by molar-refractivity contribution is 5.75. The largest absolute Gasteiger partial charge is 0.494 e. The zero-order valence-corrected chi connectivity index (χ0v) is 24.6. The molecule has 0 bridgehead atoms. The molecule has 48 heavy (non-hydrogen) atoms. The third kappa shape index (κ3) is 9.56. The van der Waals surface area contributed by atoms with Crippen LogP contribution in [0.15, 0.2) is 66.7 Å². The van der Waals surface area contributed by atoms with Gasteiger partial charge in [-0.05, 0) is 61.5 Å². The molecule has 0 radical (unpaired) electrons. The molecule has 0 unspecified atom stereocenters. The summed E-state index contributed by atoms with van der Waals surface area (Å²) in [5, 5.41) is 17.3. The van der Waals surface area contributed by atoms with E-state index >= 15 is 0 Å². The van der Waals surface area contributed by atoms with Crippen molar-refractivity contribution in [3.8, 4) is 39.5 Å². The lowest BCUT2D eigenvalue weighted by Crippen LogP contribution is -2.11. The van der Waals surface area contributed by atoms with Crippen molar-refractivity contribution in [1.82, 2.24) is 0 Å². The van der Waals surface area contributed by atoms with Gasteiger partial charge >= 0.3 is 24.3 Å². The quantitative estimate of drug-likeness (QED) is 0.170. The molecule has 0 fully saturated rings. The molecule has 4 aromatic rings. The summed E-state index contributed by atoms with van der Waals surface area (Å²) in [7, 11) is 1.10. The second kappa shape index (κ2) is 15.0. The molecule has 0 amide bonds. The van der Waals surface area contributed by atoms with E-state index in [2.05, 4.69) is 4.74 Å². The van der Waals surface area contributed by atoms with Crippen LogP contribution in [-0.4, -0.2) is 42.5 Å². The molecule has 0 atom stereocenters. The van der Waals surface area contributed by atoms with Crippen molar-refractivity contribution in [3.05, 3.63) is 101 Å². The van der Waals surface area contributed by atoms with Gasteiger partial charge in [0.05, 0.1) is 18.2 Å². The van der Waals surface area contributed by atoms with Crippen LogP contribution in [0.4, 0.5) is 39.5 Å². The van der Waals surface area contributed by atoms with Gasteiger partial charge in [0.2, 0.25) is 0 Å². The number of aliphatic carboxylic acids is 2. The highest BCUT2D eigenvalue weighted by Gasteiger charge is 2.33. The Morgan fingerprint density at radius 3 is 1.46 bits per heavy atom. The molecule has 7 nitrogen and oxygen atoms in total. The molecule has 0 spiro atoms. The van der Waals surface area contributed by atoms with Crippen LogP contribution in [0.5, 0.6) is 17.2 Å². The number of hydrogen-bond acceptors (Lipinski definition) is 5. The first-order valence-electron chi connectivity index (χ1n) is 13.2. The van der Waals surface area contributed by atoms with Gasteiger partial charge in [-0.1, -0.05) is 11.6 Å². The Balaban J connectivity index is 0.000000261. The van der Waals surface area contributed by atoms with E-state index in [1.54, 1.807) is 6.92 Å². The van der Waals surface area contributed by atoms with Crippen molar-refractivity contribution in [2.75, 3.05) is 20.3 Å². The number of hydrogen-bond donors (Lipinski definition) is 2. The van der Waals surface area contributed by atoms with Crippen LogP contribution in [0.3, 0.4) is 0 Å². The van der Waals surface area contributed by atoms with Gasteiger partial charge in [-0.15, -0.1) is 0 Å². The number of carboxylic acids is 2. The molecule has 0 saturated carbocycles. The normalized spacial score (nSPS) is 11.3. The first kappa shape index (κ1) is 37.1. The first-order valence-corrected chi connectivity index (χ1v) is 13.2. The molecule has 0 heterocycles. The summed E-state index contributed by atoms with van der Waals surface area (Å²) in [4.78, 5) is 21.2. The Kier molecular flexibility index (Phi) is 11.6. The van der Waals surface area contributed by atoms with Crippen LogP contribution >= 0.6 is 0 Å². The van der Waals surface area contributed by atoms with Crippen LogP contribution < -0.4 is 14.2 Å². The molecule has 256 valence electrons. The number of aryl methyl sites for hydroxylation is 1. The monoisotopic (exact) mass is 690 g/mol. The molecule has 0 aliphatic rings. The second-order valence-electron chi connectivity index (χ2n) is 9.73. The fraction of sp³-hybridized carbons (Fsp3) is 0.188. The Hall–Kier alpha value is -5.41. The van der Waals surface area contributed by atoms with Gasteiger partial charge in [-0.25, -0.2) is 22.8 Å². The molecular weight excluding hydrogens is 667 g/mol. The molecule has 4 aromatic carbocycles. The highest BCUT2D eigenvalue weighted by Crippen LogP contribution is 2.40. The van der Waals surface area contributed by atoms with E-state index in [9.17, 15) is 49.1 Å². The van der Waals surface area contributed by atoms with E-state index in [0.717, 1.165) is 37.4 Å². The van der Waals surface area contributed by atoms with E-state index in [1.165, 1.54) is 12.1 Å². The van der Waals surface area contributed by atoms with Crippen molar-refractivity contribution in [2.45, 2.75) is 19.3 Å². The van der Waals surface area contributed by atoms with Gasteiger partial charge in [0.15, 0.2) is 24.8 Å². The minimum absolute atomic E-state index is 0.0866. The van der Waals surface area contributed by atoms with Crippen molar-refractivity contribution in [2.24, 2.45) is 0 Å². The predicted molar refractivity (Wildman–Crippen MR) is 151 cm³/mol. The van der Waals surface area contributed by atoms with E-state index < -0.39 is 83.0 Å². The summed E-state index contributed by atoms with van der Waals surface area (Å²) in [6.07, 6.45) is -9.35. The maximum Gasteiger partial charge on any atom is 0.416 e. The van der Waals surface area contributed by atoms with Crippen LogP contribution in [-0.2, 0) is 21.9 Å². The zero-order chi connectivity index (χ0) is 36.0. The lowest BCUT2D eigenvalue weighted by molar-refractivity contribution is -0.140. The van der Waals surface area contributed by atoms with Crippen LogP contribution in [0.1, 0.15) is 16.7 Å². The number of rotatable bonds is 9. The third-order valence-corrected chi connectivity index (χ3v) is 6.26. The third-order valence-electron chi connectivity index (χ3n) is 6.26. The molecule has 0 aliphatic heterocycles. The molecule has 2 N–H and O–H groups in total.